The average molecular weight is 494 g/mol. The number of benzene rings is 2. The maximum Gasteiger partial charge on any atom is 0.328 e. The Labute approximate surface area is 212 Å². The van der Waals surface area contributed by atoms with Gasteiger partial charge in [0.05, 0.1) is 13.7 Å². The molecule has 0 aliphatic carbocycles. The van der Waals surface area contributed by atoms with Crippen LogP contribution in [0.15, 0.2) is 54.6 Å². The van der Waals surface area contributed by atoms with Gasteiger partial charge in [-0.2, -0.15) is 0 Å². The number of hydrogen-bond acceptors (Lipinski definition) is 5. The summed E-state index contributed by atoms with van der Waals surface area (Å²) in [6.45, 7) is 5.12. The summed E-state index contributed by atoms with van der Waals surface area (Å²) in [6.07, 6.45) is 2.97. The first kappa shape index (κ1) is 25.5. The van der Waals surface area contributed by atoms with Crippen molar-refractivity contribution in [3.8, 4) is 5.75 Å². The lowest BCUT2D eigenvalue weighted by molar-refractivity contribution is -0.142. The second-order valence-corrected chi connectivity index (χ2v) is 9.64. The second-order valence-electron chi connectivity index (χ2n) is 9.64. The lowest BCUT2D eigenvalue weighted by Crippen LogP contribution is -2.50. The molecule has 4 rings (SSSR count). The molecular weight excluding hydrogens is 458 g/mol. The minimum absolute atomic E-state index is 0.00708. The van der Waals surface area contributed by atoms with Crippen molar-refractivity contribution in [1.82, 2.24) is 15.1 Å². The van der Waals surface area contributed by atoms with E-state index in [4.69, 9.17) is 9.47 Å². The number of hydrogen-bond donors (Lipinski definition) is 1. The second kappa shape index (κ2) is 11.5. The fraction of sp³-hybridized carbons (Fsp3) is 0.464. The van der Waals surface area contributed by atoms with Gasteiger partial charge in [0.1, 0.15) is 11.8 Å². The van der Waals surface area contributed by atoms with Crippen molar-refractivity contribution in [2.45, 2.75) is 38.6 Å². The fourth-order valence-electron chi connectivity index (χ4n) is 5.17. The molecular formula is C28H35N3O5. The van der Waals surface area contributed by atoms with Crippen LogP contribution < -0.4 is 10.1 Å². The van der Waals surface area contributed by atoms with Crippen LogP contribution in [0.25, 0.3) is 0 Å². The van der Waals surface area contributed by atoms with Crippen molar-refractivity contribution >= 4 is 17.9 Å². The zero-order valence-corrected chi connectivity index (χ0v) is 21.1. The Hall–Kier alpha value is -3.55. The van der Waals surface area contributed by atoms with Gasteiger partial charge in [-0.15, -0.1) is 0 Å². The number of methoxy groups -OCH3 is 1. The minimum Gasteiger partial charge on any atom is -0.494 e. The average Bonchev–Trinajstić information content (AvgIpc) is 3.32. The third-order valence-corrected chi connectivity index (χ3v) is 7.32. The molecule has 2 aromatic carbocycles. The van der Waals surface area contributed by atoms with Crippen LogP contribution in [0.5, 0.6) is 5.75 Å². The molecule has 0 bridgehead atoms. The van der Waals surface area contributed by atoms with Crippen molar-refractivity contribution in [1.29, 1.82) is 0 Å². The topological polar surface area (TPSA) is 88.2 Å². The van der Waals surface area contributed by atoms with Crippen LogP contribution >= 0.6 is 0 Å². The third-order valence-electron chi connectivity index (χ3n) is 7.32. The molecule has 8 nitrogen and oxygen atoms in total. The summed E-state index contributed by atoms with van der Waals surface area (Å²) >= 11 is 0. The van der Waals surface area contributed by atoms with Crippen molar-refractivity contribution in [2.24, 2.45) is 5.41 Å². The zero-order valence-electron chi connectivity index (χ0n) is 21.1. The Morgan fingerprint density at radius 2 is 1.58 bits per heavy atom. The maximum atomic E-state index is 13.1. The highest BCUT2D eigenvalue weighted by atomic mass is 16.5. The van der Waals surface area contributed by atoms with Gasteiger partial charge in [0, 0.05) is 38.2 Å². The van der Waals surface area contributed by atoms with Gasteiger partial charge in [-0.1, -0.05) is 30.3 Å². The van der Waals surface area contributed by atoms with Crippen molar-refractivity contribution in [3.05, 3.63) is 65.7 Å². The first-order valence-electron chi connectivity index (χ1n) is 12.6. The lowest BCUT2D eigenvalue weighted by Gasteiger charge is -2.39. The Morgan fingerprint density at radius 1 is 0.944 bits per heavy atom. The van der Waals surface area contributed by atoms with E-state index in [1.807, 2.05) is 66.4 Å². The van der Waals surface area contributed by atoms with E-state index in [1.165, 1.54) is 7.11 Å². The van der Waals surface area contributed by atoms with Gasteiger partial charge in [-0.05, 0) is 61.4 Å². The molecule has 8 heteroatoms. The molecule has 1 atom stereocenters. The molecule has 0 saturated carbocycles. The van der Waals surface area contributed by atoms with Gasteiger partial charge >= 0.3 is 12.0 Å². The number of nitrogens with one attached hydrogen (secondary N) is 1. The lowest BCUT2D eigenvalue weighted by atomic mass is 9.77. The van der Waals surface area contributed by atoms with Crippen LogP contribution in [0.4, 0.5) is 4.79 Å². The number of likely N-dealkylation sites (tertiary alicyclic amines) is 2. The molecule has 2 heterocycles. The molecule has 1 spiro atoms. The number of urea groups is 1. The van der Waals surface area contributed by atoms with Gasteiger partial charge in [-0.25, -0.2) is 9.59 Å². The number of carbonyl (C=O) groups excluding carboxylic acids is 3. The van der Waals surface area contributed by atoms with Crippen molar-refractivity contribution in [3.63, 3.8) is 0 Å². The molecule has 2 saturated heterocycles. The monoisotopic (exact) mass is 493 g/mol. The highest BCUT2D eigenvalue weighted by molar-refractivity contribution is 5.94. The first-order chi connectivity index (χ1) is 17.4. The molecule has 1 N–H and O–H groups in total. The number of nitrogens with zero attached hydrogens (tertiary/aromatic N) is 2. The number of piperidine rings is 1. The van der Waals surface area contributed by atoms with Gasteiger partial charge in [0.15, 0.2) is 0 Å². The molecule has 0 radical (unpaired) electrons. The van der Waals surface area contributed by atoms with E-state index in [0.717, 1.165) is 30.6 Å². The van der Waals surface area contributed by atoms with Crippen LogP contribution in [0.3, 0.4) is 0 Å². The summed E-state index contributed by atoms with van der Waals surface area (Å²) in [4.78, 5) is 42.1. The molecule has 36 heavy (non-hydrogen) atoms. The fourth-order valence-corrected chi connectivity index (χ4v) is 5.17. The Kier molecular flexibility index (Phi) is 8.13. The van der Waals surface area contributed by atoms with E-state index in [1.54, 1.807) is 4.90 Å². The number of esters is 1. The molecule has 192 valence electrons. The van der Waals surface area contributed by atoms with Gasteiger partial charge in [0.2, 0.25) is 0 Å². The van der Waals surface area contributed by atoms with E-state index in [-0.39, 0.29) is 17.4 Å². The van der Waals surface area contributed by atoms with E-state index in [2.05, 4.69) is 5.32 Å². The summed E-state index contributed by atoms with van der Waals surface area (Å²) in [5.74, 6) is 0.332. The number of carbonyl (C=O) groups is 3. The van der Waals surface area contributed by atoms with Crippen LogP contribution in [0, 0.1) is 5.41 Å². The summed E-state index contributed by atoms with van der Waals surface area (Å²) in [7, 11) is 1.33. The van der Waals surface area contributed by atoms with E-state index in [0.29, 0.717) is 44.8 Å². The molecule has 0 unspecified atom stereocenters. The zero-order chi connectivity index (χ0) is 25.5. The largest absolute Gasteiger partial charge is 0.494 e. The molecule has 2 fully saturated rings. The summed E-state index contributed by atoms with van der Waals surface area (Å²) in [5.41, 5.74) is 1.62. The maximum absolute atomic E-state index is 13.1. The standard InChI is InChI=1S/C28H35N3O5/c1-3-36-23-11-9-22(10-12-23)25(32)30-16-13-28(14-17-30)15-18-31(20-28)27(34)29-24(26(33)35-2)19-21-7-5-4-6-8-21/h4-12,24H,3,13-20H2,1-2H3,(H,29,34)/t24-/m0/s1. The molecule has 2 aliphatic heterocycles. The van der Waals surface area contributed by atoms with Crippen LogP contribution in [0.2, 0.25) is 0 Å². The number of rotatable bonds is 7. The normalized spacial score (nSPS) is 17.5. The van der Waals surface area contributed by atoms with Crippen LogP contribution in [-0.2, 0) is 16.0 Å². The summed E-state index contributed by atoms with van der Waals surface area (Å²) in [5, 5.41) is 2.88. The van der Waals surface area contributed by atoms with E-state index < -0.39 is 12.0 Å². The van der Waals surface area contributed by atoms with E-state index >= 15 is 0 Å². The van der Waals surface area contributed by atoms with Gasteiger partial charge in [-0.3, -0.25) is 4.79 Å². The summed E-state index contributed by atoms with van der Waals surface area (Å²) in [6, 6.07) is 15.9. The molecule has 0 aromatic heterocycles. The smallest absolute Gasteiger partial charge is 0.328 e. The van der Waals surface area contributed by atoms with Crippen molar-refractivity contribution < 1.29 is 23.9 Å². The van der Waals surface area contributed by atoms with Crippen molar-refractivity contribution in [2.75, 3.05) is 39.9 Å². The van der Waals surface area contributed by atoms with Gasteiger partial charge in [0.25, 0.3) is 5.91 Å². The predicted molar refractivity (Wildman–Crippen MR) is 136 cm³/mol. The minimum atomic E-state index is -0.741. The Bertz CT molecular complexity index is 1050. The highest BCUT2D eigenvalue weighted by Gasteiger charge is 2.43. The number of ether oxygens (including phenoxy) is 2. The van der Waals surface area contributed by atoms with Gasteiger partial charge < -0.3 is 24.6 Å². The Balaban J connectivity index is 1.31. The summed E-state index contributed by atoms with van der Waals surface area (Å²) < 4.78 is 10.4. The quantitative estimate of drug-likeness (QED) is 0.597. The molecule has 2 aliphatic rings. The molecule has 2 aromatic rings. The SMILES string of the molecule is CCOc1ccc(C(=O)N2CCC3(CCN(C(=O)N[C@@H](Cc4ccccc4)C(=O)OC)C3)CC2)cc1. The number of amides is 3. The predicted octanol–water partition coefficient (Wildman–Crippen LogP) is 3.51. The van der Waals surface area contributed by atoms with Crippen LogP contribution in [0.1, 0.15) is 42.1 Å². The highest BCUT2D eigenvalue weighted by Crippen LogP contribution is 2.40. The molecule has 3 amide bonds. The first-order valence-corrected chi connectivity index (χ1v) is 12.6. The third kappa shape index (κ3) is 5.98. The van der Waals surface area contributed by atoms with E-state index in [9.17, 15) is 14.4 Å². The van der Waals surface area contributed by atoms with Crippen LogP contribution in [-0.4, -0.2) is 73.6 Å². The Morgan fingerprint density at radius 3 is 2.19 bits per heavy atom.